The fourth-order valence-corrected chi connectivity index (χ4v) is 1.86. The molecule has 0 spiro atoms. The van der Waals surface area contributed by atoms with Crippen molar-refractivity contribution in [3.05, 3.63) is 28.3 Å². The van der Waals surface area contributed by atoms with Crippen molar-refractivity contribution in [2.45, 2.75) is 33.2 Å². The number of nitro groups is 1. The molecular weight excluding hydrogens is 276 g/mol. The maximum Gasteiger partial charge on any atom is 0.323 e. The molecular formula is C14H20N2O5. The number of anilines is 1. The number of carbonyl (C=O) groups is 1. The first-order valence-electron chi connectivity index (χ1n) is 6.75. The molecule has 0 aliphatic rings. The number of nitrogens with zero attached hydrogens (tertiary/aromatic N) is 2. The lowest BCUT2D eigenvalue weighted by atomic mass is 10.2. The van der Waals surface area contributed by atoms with Crippen LogP contribution in [0.25, 0.3) is 0 Å². The third-order valence-corrected chi connectivity index (χ3v) is 2.82. The predicted octanol–water partition coefficient (Wildman–Crippen LogP) is 2.68. The second-order valence-corrected chi connectivity index (χ2v) is 4.91. The molecule has 1 aromatic carbocycles. The minimum atomic E-state index is -0.994. The Bertz CT molecular complexity index is 516. The second-order valence-electron chi connectivity index (χ2n) is 4.91. The highest BCUT2D eigenvalue weighted by Gasteiger charge is 2.19. The molecule has 0 aliphatic carbocycles. The third-order valence-electron chi connectivity index (χ3n) is 2.82. The van der Waals surface area contributed by atoms with Crippen molar-refractivity contribution in [3.63, 3.8) is 0 Å². The number of rotatable bonds is 8. The normalized spacial score (nSPS) is 10.5. The van der Waals surface area contributed by atoms with Gasteiger partial charge in [0.25, 0.3) is 5.69 Å². The number of hydrogen-bond acceptors (Lipinski definition) is 5. The highest BCUT2D eigenvalue weighted by Crippen LogP contribution is 2.29. The average molecular weight is 296 g/mol. The van der Waals surface area contributed by atoms with Gasteiger partial charge in [-0.15, -0.1) is 0 Å². The molecule has 116 valence electrons. The Hall–Kier alpha value is -2.31. The van der Waals surface area contributed by atoms with E-state index in [0.29, 0.717) is 18.0 Å². The summed E-state index contributed by atoms with van der Waals surface area (Å²) >= 11 is 0. The van der Waals surface area contributed by atoms with Crippen molar-refractivity contribution in [3.8, 4) is 5.75 Å². The van der Waals surface area contributed by atoms with E-state index in [4.69, 9.17) is 9.84 Å². The highest BCUT2D eigenvalue weighted by atomic mass is 16.6. The number of carboxylic acids is 1. The van der Waals surface area contributed by atoms with Crippen molar-refractivity contribution in [1.82, 2.24) is 0 Å². The van der Waals surface area contributed by atoms with Crippen LogP contribution in [0.4, 0.5) is 11.4 Å². The number of nitro benzene ring substituents is 1. The van der Waals surface area contributed by atoms with E-state index in [0.717, 1.165) is 6.42 Å². The SMILES string of the molecule is CCCOc1cc(N(CC(=O)O)C(C)C)cc([N+](=O)[O-])c1. The van der Waals surface area contributed by atoms with Gasteiger partial charge in [0.05, 0.1) is 17.6 Å². The minimum absolute atomic E-state index is 0.109. The van der Waals surface area contributed by atoms with E-state index in [1.807, 2.05) is 20.8 Å². The van der Waals surface area contributed by atoms with Crippen molar-refractivity contribution < 1.29 is 19.6 Å². The summed E-state index contributed by atoms with van der Waals surface area (Å²) in [5.74, 6) is -0.622. The van der Waals surface area contributed by atoms with Gasteiger partial charge in [-0.1, -0.05) is 6.92 Å². The van der Waals surface area contributed by atoms with Gasteiger partial charge in [0.15, 0.2) is 0 Å². The van der Waals surface area contributed by atoms with Crippen LogP contribution < -0.4 is 9.64 Å². The van der Waals surface area contributed by atoms with E-state index in [-0.39, 0.29) is 18.3 Å². The summed E-state index contributed by atoms with van der Waals surface area (Å²) < 4.78 is 5.44. The van der Waals surface area contributed by atoms with Gasteiger partial charge in [0, 0.05) is 23.9 Å². The van der Waals surface area contributed by atoms with Crippen LogP contribution in [-0.4, -0.2) is 35.2 Å². The smallest absolute Gasteiger partial charge is 0.323 e. The van der Waals surface area contributed by atoms with Crippen LogP contribution in [0, 0.1) is 10.1 Å². The van der Waals surface area contributed by atoms with E-state index in [9.17, 15) is 14.9 Å². The minimum Gasteiger partial charge on any atom is -0.493 e. The molecule has 0 saturated carbocycles. The topological polar surface area (TPSA) is 92.9 Å². The molecule has 0 fully saturated rings. The summed E-state index contributed by atoms with van der Waals surface area (Å²) in [6.45, 7) is 5.80. The maximum atomic E-state index is 11.0. The lowest BCUT2D eigenvalue weighted by molar-refractivity contribution is -0.384. The molecule has 0 bridgehead atoms. The van der Waals surface area contributed by atoms with Gasteiger partial charge in [0.1, 0.15) is 12.3 Å². The van der Waals surface area contributed by atoms with Crippen molar-refractivity contribution in [1.29, 1.82) is 0 Å². The van der Waals surface area contributed by atoms with Crippen LogP contribution in [0.3, 0.4) is 0 Å². The molecule has 0 aliphatic heterocycles. The van der Waals surface area contributed by atoms with Crippen LogP contribution in [0.2, 0.25) is 0 Å². The molecule has 7 heteroatoms. The zero-order valence-corrected chi connectivity index (χ0v) is 12.4. The van der Waals surface area contributed by atoms with Gasteiger partial charge >= 0.3 is 5.97 Å². The van der Waals surface area contributed by atoms with Gasteiger partial charge in [-0.25, -0.2) is 0 Å². The van der Waals surface area contributed by atoms with Gasteiger partial charge in [-0.05, 0) is 20.3 Å². The molecule has 0 amide bonds. The van der Waals surface area contributed by atoms with E-state index < -0.39 is 10.9 Å². The van der Waals surface area contributed by atoms with Gasteiger partial charge in [-0.3, -0.25) is 14.9 Å². The molecule has 21 heavy (non-hydrogen) atoms. The van der Waals surface area contributed by atoms with Crippen LogP contribution in [0.1, 0.15) is 27.2 Å². The summed E-state index contributed by atoms with van der Waals surface area (Å²) in [5, 5.41) is 20.0. The van der Waals surface area contributed by atoms with Crippen LogP contribution >= 0.6 is 0 Å². The summed E-state index contributed by atoms with van der Waals surface area (Å²) in [7, 11) is 0. The first-order chi connectivity index (χ1) is 9.85. The molecule has 7 nitrogen and oxygen atoms in total. The average Bonchev–Trinajstić information content (AvgIpc) is 2.41. The van der Waals surface area contributed by atoms with Crippen molar-refractivity contribution in [2.24, 2.45) is 0 Å². The number of non-ortho nitro benzene ring substituents is 1. The quantitative estimate of drug-likeness (QED) is 0.585. The summed E-state index contributed by atoms with van der Waals surface area (Å²) in [4.78, 5) is 23.0. The molecule has 0 saturated heterocycles. The van der Waals surface area contributed by atoms with E-state index >= 15 is 0 Å². The zero-order chi connectivity index (χ0) is 16.0. The molecule has 1 rings (SSSR count). The number of hydrogen-bond donors (Lipinski definition) is 1. The fraction of sp³-hybridized carbons (Fsp3) is 0.500. The lowest BCUT2D eigenvalue weighted by Crippen LogP contribution is -2.35. The van der Waals surface area contributed by atoms with Gasteiger partial charge in [0.2, 0.25) is 0 Å². The Morgan fingerprint density at radius 3 is 2.57 bits per heavy atom. The summed E-state index contributed by atoms with van der Waals surface area (Å²) in [6.07, 6.45) is 0.779. The standard InChI is InChI=1S/C14H20N2O5/c1-4-5-21-13-7-11(6-12(8-13)16(19)20)15(10(2)3)9-14(17)18/h6-8,10H,4-5,9H2,1-3H3,(H,17,18). The van der Waals surface area contributed by atoms with Crippen LogP contribution in [0.15, 0.2) is 18.2 Å². The second kappa shape index (κ2) is 7.47. The molecule has 0 aromatic heterocycles. The van der Waals surface area contributed by atoms with E-state index in [1.54, 1.807) is 11.0 Å². The number of ether oxygens (including phenoxy) is 1. The van der Waals surface area contributed by atoms with Gasteiger partial charge < -0.3 is 14.7 Å². The Balaban J connectivity index is 3.20. The van der Waals surface area contributed by atoms with Crippen LogP contribution in [-0.2, 0) is 4.79 Å². The Labute approximate surface area is 123 Å². The number of carboxylic acid groups (broad SMARTS) is 1. The first kappa shape index (κ1) is 16.7. The largest absolute Gasteiger partial charge is 0.493 e. The van der Waals surface area contributed by atoms with Crippen molar-refractivity contribution >= 4 is 17.3 Å². The third kappa shape index (κ3) is 4.94. The first-order valence-corrected chi connectivity index (χ1v) is 6.75. The highest BCUT2D eigenvalue weighted by molar-refractivity contribution is 5.74. The molecule has 0 atom stereocenters. The number of benzene rings is 1. The molecule has 1 aromatic rings. The Morgan fingerprint density at radius 1 is 1.43 bits per heavy atom. The monoisotopic (exact) mass is 296 g/mol. The lowest BCUT2D eigenvalue weighted by Gasteiger charge is -2.27. The number of aliphatic carboxylic acids is 1. The maximum absolute atomic E-state index is 11.0. The summed E-state index contributed by atoms with van der Waals surface area (Å²) in [5.41, 5.74) is 0.349. The van der Waals surface area contributed by atoms with Crippen LogP contribution in [0.5, 0.6) is 5.75 Å². The Morgan fingerprint density at radius 2 is 2.10 bits per heavy atom. The fourth-order valence-electron chi connectivity index (χ4n) is 1.86. The molecule has 0 heterocycles. The summed E-state index contributed by atoms with van der Waals surface area (Å²) in [6, 6.07) is 4.23. The van der Waals surface area contributed by atoms with Gasteiger partial charge in [-0.2, -0.15) is 0 Å². The zero-order valence-electron chi connectivity index (χ0n) is 12.4. The van der Waals surface area contributed by atoms with E-state index in [1.165, 1.54) is 12.1 Å². The predicted molar refractivity (Wildman–Crippen MR) is 79.0 cm³/mol. The van der Waals surface area contributed by atoms with E-state index in [2.05, 4.69) is 0 Å². The molecule has 1 N–H and O–H groups in total. The van der Waals surface area contributed by atoms with Crippen molar-refractivity contribution in [2.75, 3.05) is 18.1 Å². The Kier molecular flexibility index (Phi) is 5.95. The molecule has 0 unspecified atom stereocenters. The molecule has 0 radical (unpaired) electrons.